The molecule has 8 heteroatoms. The van der Waals surface area contributed by atoms with E-state index < -0.39 is 0 Å². The zero-order chi connectivity index (χ0) is 17.5. The Balaban J connectivity index is 1.39. The highest BCUT2D eigenvalue weighted by Crippen LogP contribution is 2.34. The number of likely N-dealkylation sites (N-methyl/N-ethyl adjacent to an activating group) is 1. The van der Waals surface area contributed by atoms with Crippen LogP contribution >= 0.6 is 0 Å². The van der Waals surface area contributed by atoms with Crippen molar-refractivity contribution >= 4 is 17.6 Å². The number of piperazine rings is 1. The summed E-state index contributed by atoms with van der Waals surface area (Å²) < 4.78 is 7.48. The van der Waals surface area contributed by atoms with Gasteiger partial charge < -0.3 is 14.5 Å². The quantitative estimate of drug-likeness (QED) is 0.771. The number of hydrogen-bond donors (Lipinski definition) is 0. The molecule has 0 radical (unpaired) electrons. The predicted octanol–water partition coefficient (Wildman–Crippen LogP) is 0.617. The standard InChI is InChI=1S/C18H29N7O/c1-22-5-7-23(8-6-22)15-4-2-3-14-13-25-17(19-16(14)15)20-18(21-25)24-9-11-26-12-10-24/h14-15H,2-13H2,1H3. The summed E-state index contributed by atoms with van der Waals surface area (Å²) in [4.78, 5) is 17.1. The Morgan fingerprint density at radius 1 is 1.00 bits per heavy atom. The summed E-state index contributed by atoms with van der Waals surface area (Å²) in [6.45, 7) is 8.81. The molecule has 26 heavy (non-hydrogen) atoms. The maximum absolute atomic E-state index is 5.45. The van der Waals surface area contributed by atoms with Gasteiger partial charge in [0.15, 0.2) is 0 Å². The Labute approximate surface area is 154 Å². The van der Waals surface area contributed by atoms with Crippen LogP contribution in [0.4, 0.5) is 11.9 Å². The van der Waals surface area contributed by atoms with Crippen LogP contribution < -0.4 is 4.90 Å². The van der Waals surface area contributed by atoms with Crippen LogP contribution in [-0.4, -0.2) is 95.8 Å². The molecule has 2 saturated heterocycles. The van der Waals surface area contributed by atoms with E-state index in [-0.39, 0.29) is 0 Å². The molecule has 4 aliphatic rings. The third-order valence-corrected chi connectivity index (χ3v) is 6.33. The number of anilines is 1. The average molecular weight is 359 g/mol. The van der Waals surface area contributed by atoms with Crippen LogP contribution in [-0.2, 0) is 11.3 Å². The summed E-state index contributed by atoms with van der Waals surface area (Å²) >= 11 is 0. The molecule has 1 saturated carbocycles. The lowest BCUT2D eigenvalue weighted by Gasteiger charge is -2.43. The average Bonchev–Trinajstić information content (AvgIpc) is 3.10. The summed E-state index contributed by atoms with van der Waals surface area (Å²) in [5, 5.41) is 4.76. The summed E-state index contributed by atoms with van der Waals surface area (Å²) in [6.07, 6.45) is 3.76. The van der Waals surface area contributed by atoms with Crippen molar-refractivity contribution in [1.29, 1.82) is 0 Å². The first kappa shape index (κ1) is 16.6. The van der Waals surface area contributed by atoms with Gasteiger partial charge in [0.1, 0.15) is 0 Å². The van der Waals surface area contributed by atoms with E-state index in [0.29, 0.717) is 12.0 Å². The molecule has 0 aromatic carbocycles. The largest absolute Gasteiger partial charge is 0.378 e. The second-order valence-corrected chi connectivity index (χ2v) is 8.01. The molecule has 4 heterocycles. The van der Waals surface area contributed by atoms with Crippen molar-refractivity contribution in [1.82, 2.24) is 24.6 Å². The molecule has 0 bridgehead atoms. The van der Waals surface area contributed by atoms with Crippen LogP contribution in [0.25, 0.3) is 0 Å². The van der Waals surface area contributed by atoms with E-state index in [1.54, 1.807) is 0 Å². The second kappa shape index (κ2) is 6.90. The van der Waals surface area contributed by atoms with E-state index in [2.05, 4.69) is 21.7 Å². The van der Waals surface area contributed by atoms with Crippen molar-refractivity contribution in [3.63, 3.8) is 0 Å². The number of ether oxygens (including phenoxy) is 1. The van der Waals surface area contributed by atoms with Gasteiger partial charge >= 0.3 is 0 Å². The molecule has 2 atom stereocenters. The van der Waals surface area contributed by atoms with Crippen LogP contribution in [0.3, 0.4) is 0 Å². The first-order valence-electron chi connectivity index (χ1n) is 10.1. The molecule has 0 amide bonds. The Kier molecular flexibility index (Phi) is 4.42. The molecule has 3 aliphatic heterocycles. The van der Waals surface area contributed by atoms with E-state index in [1.165, 1.54) is 25.0 Å². The van der Waals surface area contributed by atoms with Gasteiger partial charge in [0.2, 0.25) is 11.9 Å². The van der Waals surface area contributed by atoms with Crippen LogP contribution in [0.15, 0.2) is 4.99 Å². The third-order valence-electron chi connectivity index (χ3n) is 6.33. The Hall–Kier alpha value is -1.51. The van der Waals surface area contributed by atoms with Crippen molar-refractivity contribution in [2.45, 2.75) is 31.8 Å². The van der Waals surface area contributed by atoms with Crippen molar-refractivity contribution in [3.05, 3.63) is 0 Å². The van der Waals surface area contributed by atoms with Crippen LogP contribution in [0, 0.1) is 5.92 Å². The minimum absolute atomic E-state index is 0.500. The van der Waals surface area contributed by atoms with E-state index in [9.17, 15) is 0 Å². The maximum Gasteiger partial charge on any atom is 0.249 e. The number of aromatic nitrogens is 3. The Morgan fingerprint density at radius 3 is 2.62 bits per heavy atom. The first-order valence-corrected chi connectivity index (χ1v) is 10.1. The van der Waals surface area contributed by atoms with Gasteiger partial charge in [-0.2, -0.15) is 4.98 Å². The van der Waals surface area contributed by atoms with Gasteiger partial charge in [-0.3, -0.25) is 4.90 Å². The molecule has 2 unspecified atom stereocenters. The summed E-state index contributed by atoms with van der Waals surface area (Å²) in [6, 6.07) is 0.500. The van der Waals surface area contributed by atoms with Gasteiger partial charge in [-0.1, -0.05) is 6.42 Å². The van der Waals surface area contributed by atoms with E-state index in [4.69, 9.17) is 19.8 Å². The van der Waals surface area contributed by atoms with Crippen molar-refractivity contribution in [3.8, 4) is 0 Å². The molecule has 1 aliphatic carbocycles. The van der Waals surface area contributed by atoms with Gasteiger partial charge in [-0.25, -0.2) is 9.67 Å². The highest BCUT2D eigenvalue weighted by atomic mass is 16.5. The van der Waals surface area contributed by atoms with Gasteiger partial charge in [-0.15, -0.1) is 5.10 Å². The molecular weight excluding hydrogens is 330 g/mol. The fourth-order valence-corrected chi connectivity index (χ4v) is 4.73. The van der Waals surface area contributed by atoms with Gasteiger partial charge in [0.05, 0.1) is 19.8 Å². The van der Waals surface area contributed by atoms with Gasteiger partial charge in [0, 0.05) is 56.9 Å². The smallest absolute Gasteiger partial charge is 0.249 e. The molecule has 0 N–H and O–H groups in total. The number of morpholine rings is 1. The fraction of sp³-hybridized carbons (Fsp3) is 0.833. The summed E-state index contributed by atoms with van der Waals surface area (Å²) in [7, 11) is 2.22. The number of hydrogen-bond acceptors (Lipinski definition) is 7. The van der Waals surface area contributed by atoms with Crippen LogP contribution in [0.2, 0.25) is 0 Å². The molecular formula is C18H29N7O. The number of nitrogens with zero attached hydrogens (tertiary/aromatic N) is 7. The highest BCUT2D eigenvalue weighted by Gasteiger charge is 2.37. The molecule has 5 rings (SSSR count). The molecule has 1 aromatic heterocycles. The lowest BCUT2D eigenvalue weighted by atomic mass is 9.82. The minimum atomic E-state index is 0.500. The normalized spacial score (nSPS) is 30.7. The number of rotatable bonds is 2. The molecule has 8 nitrogen and oxygen atoms in total. The lowest BCUT2D eigenvalue weighted by Crippen LogP contribution is -2.54. The highest BCUT2D eigenvalue weighted by molar-refractivity contribution is 5.94. The van der Waals surface area contributed by atoms with Crippen molar-refractivity contribution in [2.75, 3.05) is 64.4 Å². The van der Waals surface area contributed by atoms with Crippen molar-refractivity contribution < 1.29 is 4.74 Å². The molecule has 1 aromatic rings. The van der Waals surface area contributed by atoms with Crippen LogP contribution in [0.5, 0.6) is 0 Å². The SMILES string of the molecule is CN1CCN(C2CCCC3Cn4nc(N5CCOCC5)nc4N=C32)CC1. The van der Waals surface area contributed by atoms with Gasteiger partial charge in [0.25, 0.3) is 0 Å². The van der Waals surface area contributed by atoms with Crippen molar-refractivity contribution in [2.24, 2.45) is 10.9 Å². The summed E-state index contributed by atoms with van der Waals surface area (Å²) in [5.41, 5.74) is 1.37. The van der Waals surface area contributed by atoms with E-state index >= 15 is 0 Å². The Bertz CT molecular complexity index is 673. The molecule has 142 valence electrons. The van der Waals surface area contributed by atoms with E-state index in [0.717, 1.165) is 70.9 Å². The number of aliphatic imine (C=N–C) groups is 1. The minimum Gasteiger partial charge on any atom is -0.378 e. The van der Waals surface area contributed by atoms with Gasteiger partial charge in [-0.05, 0) is 19.9 Å². The zero-order valence-electron chi connectivity index (χ0n) is 15.7. The topological polar surface area (TPSA) is 62.0 Å². The van der Waals surface area contributed by atoms with E-state index in [1.807, 2.05) is 4.68 Å². The first-order chi connectivity index (χ1) is 12.8. The third kappa shape index (κ3) is 3.04. The second-order valence-electron chi connectivity index (χ2n) is 8.01. The monoisotopic (exact) mass is 359 g/mol. The molecule has 3 fully saturated rings. The lowest BCUT2D eigenvalue weighted by molar-refractivity contribution is 0.122. The zero-order valence-corrected chi connectivity index (χ0v) is 15.7. The molecule has 0 spiro atoms. The fourth-order valence-electron chi connectivity index (χ4n) is 4.73. The predicted molar refractivity (Wildman–Crippen MR) is 100 cm³/mol. The summed E-state index contributed by atoms with van der Waals surface area (Å²) in [5.74, 6) is 2.15. The maximum atomic E-state index is 5.45. The van der Waals surface area contributed by atoms with Crippen LogP contribution in [0.1, 0.15) is 19.3 Å². The number of fused-ring (bicyclic) bond motifs is 2. The Morgan fingerprint density at radius 2 is 1.81 bits per heavy atom.